The topological polar surface area (TPSA) is 80.4 Å². The van der Waals surface area contributed by atoms with Gasteiger partial charge < -0.3 is 19.7 Å². The molecule has 2 aromatic carbocycles. The van der Waals surface area contributed by atoms with E-state index in [1.54, 1.807) is 0 Å². The van der Waals surface area contributed by atoms with Gasteiger partial charge in [0.1, 0.15) is 5.75 Å². The molecule has 0 radical (unpaired) electrons. The van der Waals surface area contributed by atoms with Crippen LogP contribution < -0.4 is 10.1 Å². The first-order valence-corrected chi connectivity index (χ1v) is 8.70. The Hall–Kier alpha value is -2.70. The maximum absolute atomic E-state index is 8.90. The van der Waals surface area contributed by atoms with Crippen molar-refractivity contribution in [3.05, 3.63) is 53.6 Å². The SMILES string of the molecule is CCOc1ccc(-c2nc(-c3cccc(CNCCO)c3C)no2)cc1. The van der Waals surface area contributed by atoms with Crippen molar-refractivity contribution in [2.45, 2.75) is 20.4 Å². The van der Waals surface area contributed by atoms with Crippen LogP contribution in [0.3, 0.4) is 0 Å². The quantitative estimate of drug-likeness (QED) is 0.606. The number of hydrogen-bond donors (Lipinski definition) is 2. The lowest BCUT2D eigenvalue weighted by Crippen LogP contribution is -2.18. The molecule has 0 atom stereocenters. The van der Waals surface area contributed by atoms with Crippen LogP contribution in [-0.2, 0) is 6.54 Å². The molecule has 0 saturated heterocycles. The predicted molar refractivity (Wildman–Crippen MR) is 99.9 cm³/mol. The van der Waals surface area contributed by atoms with Crippen LogP contribution in [0.4, 0.5) is 0 Å². The fourth-order valence-corrected chi connectivity index (χ4v) is 2.73. The van der Waals surface area contributed by atoms with Crippen LogP contribution in [0.5, 0.6) is 5.75 Å². The summed E-state index contributed by atoms with van der Waals surface area (Å²) in [5.74, 6) is 1.86. The van der Waals surface area contributed by atoms with Crippen LogP contribution in [0.2, 0.25) is 0 Å². The number of rotatable bonds is 8. The fourth-order valence-electron chi connectivity index (χ4n) is 2.73. The minimum Gasteiger partial charge on any atom is -0.494 e. The highest BCUT2D eigenvalue weighted by molar-refractivity contribution is 5.64. The predicted octanol–water partition coefficient (Wildman–Crippen LogP) is 3.19. The number of benzene rings is 2. The Balaban J connectivity index is 1.82. The normalized spacial score (nSPS) is 10.9. The lowest BCUT2D eigenvalue weighted by atomic mass is 10.0. The average Bonchev–Trinajstić information content (AvgIpc) is 3.14. The highest BCUT2D eigenvalue weighted by Gasteiger charge is 2.14. The van der Waals surface area contributed by atoms with E-state index in [0.717, 1.165) is 28.0 Å². The highest BCUT2D eigenvalue weighted by atomic mass is 16.5. The Morgan fingerprint density at radius 1 is 1.15 bits per heavy atom. The van der Waals surface area contributed by atoms with E-state index in [0.29, 0.717) is 31.4 Å². The van der Waals surface area contributed by atoms with Crippen molar-refractivity contribution >= 4 is 0 Å². The number of nitrogens with one attached hydrogen (secondary N) is 1. The summed E-state index contributed by atoms with van der Waals surface area (Å²) in [5, 5.41) is 16.2. The van der Waals surface area contributed by atoms with Gasteiger partial charge in [-0.15, -0.1) is 0 Å². The largest absolute Gasteiger partial charge is 0.494 e. The van der Waals surface area contributed by atoms with E-state index in [1.165, 1.54) is 0 Å². The van der Waals surface area contributed by atoms with Gasteiger partial charge in [-0.05, 0) is 49.2 Å². The molecule has 1 heterocycles. The van der Waals surface area contributed by atoms with Gasteiger partial charge >= 0.3 is 0 Å². The van der Waals surface area contributed by atoms with Crippen LogP contribution >= 0.6 is 0 Å². The first-order chi connectivity index (χ1) is 12.7. The van der Waals surface area contributed by atoms with Crippen molar-refractivity contribution in [1.29, 1.82) is 0 Å². The zero-order valence-corrected chi connectivity index (χ0v) is 15.0. The molecule has 3 rings (SSSR count). The number of nitrogens with zero attached hydrogens (tertiary/aromatic N) is 2. The Bertz CT molecular complexity index is 844. The summed E-state index contributed by atoms with van der Waals surface area (Å²) in [6, 6.07) is 13.6. The van der Waals surface area contributed by atoms with Gasteiger partial charge in [0.25, 0.3) is 5.89 Å². The second kappa shape index (κ2) is 8.60. The van der Waals surface area contributed by atoms with E-state index >= 15 is 0 Å². The summed E-state index contributed by atoms with van der Waals surface area (Å²) in [4.78, 5) is 4.55. The van der Waals surface area contributed by atoms with E-state index < -0.39 is 0 Å². The summed E-state index contributed by atoms with van der Waals surface area (Å²) < 4.78 is 10.9. The molecule has 26 heavy (non-hydrogen) atoms. The molecule has 6 heteroatoms. The molecule has 0 saturated carbocycles. The Morgan fingerprint density at radius 3 is 2.69 bits per heavy atom. The number of aromatic nitrogens is 2. The number of aliphatic hydroxyl groups is 1. The molecule has 0 aliphatic carbocycles. The zero-order valence-electron chi connectivity index (χ0n) is 15.0. The molecule has 6 nitrogen and oxygen atoms in total. The Kier molecular flexibility index (Phi) is 5.99. The maximum atomic E-state index is 8.90. The smallest absolute Gasteiger partial charge is 0.258 e. The van der Waals surface area contributed by atoms with Crippen molar-refractivity contribution in [1.82, 2.24) is 15.5 Å². The van der Waals surface area contributed by atoms with Gasteiger partial charge in [0, 0.05) is 24.2 Å². The first-order valence-electron chi connectivity index (χ1n) is 8.70. The third-order valence-corrected chi connectivity index (χ3v) is 4.13. The summed E-state index contributed by atoms with van der Waals surface area (Å²) in [6.45, 7) is 5.99. The molecule has 0 aliphatic rings. The van der Waals surface area contributed by atoms with Gasteiger partial charge in [0.2, 0.25) is 5.82 Å². The highest BCUT2D eigenvalue weighted by Crippen LogP contribution is 2.27. The molecular formula is C20H23N3O3. The van der Waals surface area contributed by atoms with Gasteiger partial charge in [0.15, 0.2) is 0 Å². The summed E-state index contributed by atoms with van der Waals surface area (Å²) in [6.07, 6.45) is 0. The van der Waals surface area contributed by atoms with E-state index in [9.17, 15) is 0 Å². The molecule has 0 fully saturated rings. The number of ether oxygens (including phenoxy) is 1. The Morgan fingerprint density at radius 2 is 1.96 bits per heavy atom. The number of aliphatic hydroxyl groups excluding tert-OH is 1. The monoisotopic (exact) mass is 353 g/mol. The van der Waals surface area contributed by atoms with Crippen molar-refractivity contribution in [3.8, 4) is 28.6 Å². The van der Waals surface area contributed by atoms with Crippen molar-refractivity contribution in [2.75, 3.05) is 19.8 Å². The molecule has 0 unspecified atom stereocenters. The lowest BCUT2D eigenvalue weighted by molar-refractivity contribution is 0.292. The molecule has 0 spiro atoms. The van der Waals surface area contributed by atoms with E-state index in [2.05, 4.69) is 21.5 Å². The number of hydrogen-bond acceptors (Lipinski definition) is 6. The summed E-state index contributed by atoms with van der Waals surface area (Å²) in [7, 11) is 0. The molecular weight excluding hydrogens is 330 g/mol. The second-order valence-corrected chi connectivity index (χ2v) is 5.87. The zero-order chi connectivity index (χ0) is 18.4. The third kappa shape index (κ3) is 4.09. The lowest BCUT2D eigenvalue weighted by Gasteiger charge is -2.09. The van der Waals surface area contributed by atoms with Gasteiger partial charge in [-0.25, -0.2) is 0 Å². The fraction of sp³-hybridized carbons (Fsp3) is 0.300. The van der Waals surface area contributed by atoms with Crippen molar-refractivity contribution < 1.29 is 14.4 Å². The first kappa shape index (κ1) is 18.1. The minimum atomic E-state index is 0.120. The van der Waals surface area contributed by atoms with E-state index in [-0.39, 0.29) is 6.61 Å². The Labute approximate surface area is 152 Å². The van der Waals surface area contributed by atoms with Crippen LogP contribution in [0.15, 0.2) is 47.0 Å². The van der Waals surface area contributed by atoms with Gasteiger partial charge in [-0.1, -0.05) is 23.4 Å². The third-order valence-electron chi connectivity index (χ3n) is 4.13. The summed E-state index contributed by atoms with van der Waals surface area (Å²) in [5.41, 5.74) is 4.03. The second-order valence-electron chi connectivity index (χ2n) is 5.87. The van der Waals surface area contributed by atoms with Crippen LogP contribution in [0.1, 0.15) is 18.1 Å². The van der Waals surface area contributed by atoms with Crippen LogP contribution in [0.25, 0.3) is 22.8 Å². The van der Waals surface area contributed by atoms with Crippen LogP contribution in [0, 0.1) is 6.92 Å². The standard InChI is InChI=1S/C20H23N3O3/c1-3-25-17-9-7-15(8-10-17)20-22-19(23-26-20)18-6-4-5-16(14(18)2)13-21-11-12-24/h4-10,21,24H,3,11-13H2,1-2H3. The molecule has 2 N–H and O–H groups in total. The van der Waals surface area contributed by atoms with Crippen molar-refractivity contribution in [3.63, 3.8) is 0 Å². The van der Waals surface area contributed by atoms with E-state index in [4.69, 9.17) is 14.4 Å². The van der Waals surface area contributed by atoms with Crippen molar-refractivity contribution in [2.24, 2.45) is 0 Å². The molecule has 136 valence electrons. The van der Waals surface area contributed by atoms with Crippen LogP contribution in [-0.4, -0.2) is 35.0 Å². The average molecular weight is 353 g/mol. The molecule has 0 bridgehead atoms. The van der Waals surface area contributed by atoms with E-state index in [1.807, 2.05) is 50.2 Å². The maximum Gasteiger partial charge on any atom is 0.258 e. The molecule has 0 amide bonds. The van der Waals surface area contributed by atoms with Gasteiger partial charge in [0.05, 0.1) is 13.2 Å². The molecule has 1 aromatic heterocycles. The summed E-state index contributed by atoms with van der Waals surface area (Å²) >= 11 is 0. The molecule has 3 aromatic rings. The molecule has 0 aliphatic heterocycles. The van der Waals surface area contributed by atoms with Gasteiger partial charge in [-0.2, -0.15) is 4.98 Å². The minimum absolute atomic E-state index is 0.120. The van der Waals surface area contributed by atoms with Gasteiger partial charge in [-0.3, -0.25) is 0 Å².